The summed E-state index contributed by atoms with van der Waals surface area (Å²) in [5, 5.41) is 6.83. The largest absolute Gasteiger partial charge is 0.419 e. The highest BCUT2D eigenvalue weighted by Gasteiger charge is 2.34. The van der Waals surface area contributed by atoms with Gasteiger partial charge in [0.05, 0.1) is 22.6 Å². The molecule has 0 atom stereocenters. The van der Waals surface area contributed by atoms with E-state index in [1.165, 1.54) is 0 Å². The molecule has 0 saturated carbocycles. The molecule has 2 aromatic heterocycles. The summed E-state index contributed by atoms with van der Waals surface area (Å²) in [5.41, 5.74) is 0.0109. The molecule has 0 saturated heterocycles. The second-order valence-electron chi connectivity index (χ2n) is 4.64. The van der Waals surface area contributed by atoms with Gasteiger partial charge in [0.1, 0.15) is 5.15 Å². The molecule has 23 heavy (non-hydrogen) atoms. The van der Waals surface area contributed by atoms with Crippen LogP contribution in [0.15, 0.2) is 55.0 Å². The highest BCUT2D eigenvalue weighted by molar-refractivity contribution is 6.29. The summed E-state index contributed by atoms with van der Waals surface area (Å²) >= 11 is 5.74. The molecule has 0 aliphatic carbocycles. The lowest BCUT2D eigenvalue weighted by Crippen LogP contribution is -2.10. The topological polar surface area (TPSA) is 42.7 Å². The number of nitrogens with zero attached hydrogens (tertiary/aromatic N) is 3. The van der Waals surface area contributed by atoms with E-state index in [0.29, 0.717) is 17.6 Å². The Bertz CT molecular complexity index is 816. The molecule has 0 fully saturated rings. The Kier molecular flexibility index (Phi) is 3.96. The summed E-state index contributed by atoms with van der Waals surface area (Å²) in [6, 6.07) is 9.75. The standard InChI is InChI=1S/C15H10ClF3N4/c16-14-8-12(10(9-20-14)15(17,18)19)22-11-4-1-2-5-13(11)23-7-3-6-21-23/h1-9H,(H,20,22). The van der Waals surface area contributed by atoms with Crippen molar-refractivity contribution < 1.29 is 13.2 Å². The molecule has 0 aliphatic rings. The van der Waals surface area contributed by atoms with Crippen LogP contribution in [0.1, 0.15) is 5.56 Å². The van der Waals surface area contributed by atoms with E-state index in [2.05, 4.69) is 15.4 Å². The highest BCUT2D eigenvalue weighted by atomic mass is 35.5. The van der Waals surface area contributed by atoms with Crippen LogP contribution in [0.5, 0.6) is 0 Å². The predicted molar refractivity (Wildman–Crippen MR) is 81.1 cm³/mol. The Morgan fingerprint density at radius 2 is 1.87 bits per heavy atom. The molecular formula is C15H10ClF3N4. The molecule has 2 heterocycles. The monoisotopic (exact) mass is 338 g/mol. The minimum Gasteiger partial charge on any atom is -0.353 e. The smallest absolute Gasteiger partial charge is 0.353 e. The van der Waals surface area contributed by atoms with Crippen LogP contribution in [0.25, 0.3) is 5.69 Å². The number of hydrogen-bond donors (Lipinski definition) is 1. The van der Waals surface area contributed by atoms with Crippen molar-refractivity contribution in [2.75, 3.05) is 5.32 Å². The number of nitrogens with one attached hydrogen (secondary N) is 1. The maximum absolute atomic E-state index is 13.1. The van der Waals surface area contributed by atoms with Gasteiger partial charge >= 0.3 is 6.18 Å². The van der Waals surface area contributed by atoms with Crippen LogP contribution in [0.4, 0.5) is 24.5 Å². The normalized spacial score (nSPS) is 11.5. The number of anilines is 2. The molecular weight excluding hydrogens is 329 g/mol. The zero-order chi connectivity index (χ0) is 16.4. The van der Waals surface area contributed by atoms with Crippen LogP contribution in [0.3, 0.4) is 0 Å². The van der Waals surface area contributed by atoms with Crippen LogP contribution in [0, 0.1) is 0 Å². The van der Waals surface area contributed by atoms with E-state index in [4.69, 9.17) is 11.6 Å². The molecule has 1 aromatic carbocycles. The van der Waals surface area contributed by atoms with E-state index in [-0.39, 0.29) is 10.8 Å². The van der Waals surface area contributed by atoms with E-state index < -0.39 is 11.7 Å². The van der Waals surface area contributed by atoms with Gasteiger partial charge in [0, 0.05) is 18.6 Å². The lowest BCUT2D eigenvalue weighted by Gasteiger charge is -2.16. The van der Waals surface area contributed by atoms with Gasteiger partial charge in [-0.25, -0.2) is 9.67 Å². The van der Waals surface area contributed by atoms with Gasteiger partial charge in [-0.2, -0.15) is 18.3 Å². The number of rotatable bonds is 3. The molecule has 0 amide bonds. The zero-order valence-corrected chi connectivity index (χ0v) is 12.3. The number of pyridine rings is 1. The van der Waals surface area contributed by atoms with E-state index in [1.807, 2.05) is 0 Å². The molecule has 118 valence electrons. The number of alkyl halides is 3. The van der Waals surface area contributed by atoms with Gasteiger partial charge < -0.3 is 5.32 Å². The SMILES string of the molecule is FC(F)(F)c1cnc(Cl)cc1Nc1ccccc1-n1cccn1. The molecule has 1 N–H and O–H groups in total. The third-order valence-electron chi connectivity index (χ3n) is 3.10. The van der Waals surface area contributed by atoms with Gasteiger partial charge in [0.15, 0.2) is 0 Å². The Morgan fingerprint density at radius 3 is 2.57 bits per heavy atom. The van der Waals surface area contributed by atoms with Gasteiger partial charge in [-0.3, -0.25) is 0 Å². The number of para-hydroxylation sites is 2. The lowest BCUT2D eigenvalue weighted by molar-refractivity contribution is -0.137. The fraction of sp³-hybridized carbons (Fsp3) is 0.0667. The fourth-order valence-electron chi connectivity index (χ4n) is 2.09. The van der Waals surface area contributed by atoms with Gasteiger partial charge in [0.2, 0.25) is 0 Å². The van der Waals surface area contributed by atoms with Crippen molar-refractivity contribution in [2.24, 2.45) is 0 Å². The zero-order valence-electron chi connectivity index (χ0n) is 11.5. The summed E-state index contributed by atoms with van der Waals surface area (Å²) < 4.78 is 40.9. The van der Waals surface area contributed by atoms with Crippen molar-refractivity contribution in [3.8, 4) is 5.69 Å². The molecule has 0 spiro atoms. The Balaban J connectivity index is 2.06. The second kappa shape index (κ2) is 5.92. The number of benzene rings is 1. The summed E-state index contributed by atoms with van der Waals surface area (Å²) in [6.45, 7) is 0. The summed E-state index contributed by atoms with van der Waals surface area (Å²) in [6.07, 6.45) is -0.548. The molecule has 3 rings (SSSR count). The number of hydrogen-bond acceptors (Lipinski definition) is 3. The third-order valence-corrected chi connectivity index (χ3v) is 3.31. The van der Waals surface area contributed by atoms with E-state index in [9.17, 15) is 13.2 Å². The molecule has 0 bridgehead atoms. The Hall–Kier alpha value is -2.54. The Morgan fingerprint density at radius 1 is 1.09 bits per heavy atom. The minimum absolute atomic E-state index is 0.0305. The first kappa shape index (κ1) is 15.4. The molecule has 0 unspecified atom stereocenters. The molecule has 8 heteroatoms. The lowest BCUT2D eigenvalue weighted by atomic mass is 10.2. The van der Waals surface area contributed by atoms with Crippen LogP contribution < -0.4 is 5.32 Å². The molecule has 4 nitrogen and oxygen atoms in total. The predicted octanol–water partition coefficient (Wildman–Crippen LogP) is 4.68. The quantitative estimate of drug-likeness (QED) is 0.705. The first-order chi connectivity index (χ1) is 10.9. The highest BCUT2D eigenvalue weighted by Crippen LogP contribution is 2.37. The van der Waals surface area contributed by atoms with Crippen molar-refractivity contribution in [3.63, 3.8) is 0 Å². The summed E-state index contributed by atoms with van der Waals surface area (Å²) in [5.74, 6) is 0. The van der Waals surface area contributed by atoms with Crippen LogP contribution >= 0.6 is 11.6 Å². The van der Waals surface area contributed by atoms with Crippen molar-refractivity contribution in [2.45, 2.75) is 6.18 Å². The molecule has 0 radical (unpaired) electrons. The molecule has 0 aliphatic heterocycles. The third kappa shape index (κ3) is 3.29. The van der Waals surface area contributed by atoms with E-state index >= 15 is 0 Å². The Labute approximate surface area is 134 Å². The van der Waals surface area contributed by atoms with Gasteiger partial charge in [0.25, 0.3) is 0 Å². The van der Waals surface area contributed by atoms with Gasteiger partial charge in [-0.1, -0.05) is 23.7 Å². The number of aromatic nitrogens is 3. The second-order valence-corrected chi connectivity index (χ2v) is 5.03. The maximum atomic E-state index is 13.1. The fourth-order valence-corrected chi connectivity index (χ4v) is 2.25. The minimum atomic E-state index is -4.54. The van der Waals surface area contributed by atoms with Gasteiger partial charge in [-0.05, 0) is 24.3 Å². The summed E-state index contributed by atoms with van der Waals surface area (Å²) in [4.78, 5) is 3.51. The first-order valence-electron chi connectivity index (χ1n) is 6.54. The first-order valence-corrected chi connectivity index (χ1v) is 6.92. The van der Waals surface area contributed by atoms with Crippen molar-refractivity contribution >= 4 is 23.0 Å². The van der Waals surface area contributed by atoms with E-state index in [0.717, 1.165) is 6.07 Å². The van der Waals surface area contributed by atoms with Crippen LogP contribution in [-0.2, 0) is 6.18 Å². The number of halogens is 4. The maximum Gasteiger partial charge on any atom is 0.419 e. The average Bonchev–Trinajstić information content (AvgIpc) is 3.00. The van der Waals surface area contributed by atoms with E-state index in [1.54, 1.807) is 47.4 Å². The van der Waals surface area contributed by atoms with Crippen molar-refractivity contribution in [3.05, 3.63) is 65.7 Å². The van der Waals surface area contributed by atoms with Gasteiger partial charge in [-0.15, -0.1) is 0 Å². The average molecular weight is 339 g/mol. The summed E-state index contributed by atoms with van der Waals surface area (Å²) in [7, 11) is 0. The van der Waals surface area contributed by atoms with Crippen LogP contribution in [-0.4, -0.2) is 14.8 Å². The molecule has 3 aromatic rings. The van der Waals surface area contributed by atoms with Crippen LogP contribution in [0.2, 0.25) is 5.15 Å². The van der Waals surface area contributed by atoms with Crippen molar-refractivity contribution in [1.29, 1.82) is 0 Å². The van der Waals surface area contributed by atoms with Crippen molar-refractivity contribution in [1.82, 2.24) is 14.8 Å².